The molecule has 26 heavy (non-hydrogen) atoms. The summed E-state index contributed by atoms with van der Waals surface area (Å²) >= 11 is 0. The number of benzene rings is 2. The molecular formula is C22H28N2O2. The van der Waals surface area contributed by atoms with Crippen molar-refractivity contribution in [2.75, 3.05) is 6.54 Å². The van der Waals surface area contributed by atoms with E-state index < -0.39 is 6.04 Å². The molecule has 0 saturated carbocycles. The van der Waals surface area contributed by atoms with E-state index >= 15 is 0 Å². The summed E-state index contributed by atoms with van der Waals surface area (Å²) in [5.41, 5.74) is 2.94. The molecule has 0 aliphatic heterocycles. The zero-order chi connectivity index (χ0) is 19.2. The average Bonchev–Trinajstić information content (AvgIpc) is 2.61. The first-order chi connectivity index (χ1) is 12.3. The lowest BCUT2D eigenvalue weighted by Crippen LogP contribution is -2.45. The summed E-state index contributed by atoms with van der Waals surface area (Å²) < 4.78 is 0. The van der Waals surface area contributed by atoms with Gasteiger partial charge in [-0.2, -0.15) is 0 Å². The molecule has 0 aliphatic rings. The fraction of sp³-hybridized carbons (Fsp3) is 0.364. The molecule has 0 fully saturated rings. The van der Waals surface area contributed by atoms with Crippen LogP contribution in [0.25, 0.3) is 0 Å². The Balaban J connectivity index is 1.83. The van der Waals surface area contributed by atoms with Crippen molar-refractivity contribution >= 4 is 11.8 Å². The Labute approximate surface area is 156 Å². The minimum Gasteiger partial charge on any atom is -0.354 e. The Hall–Kier alpha value is -2.62. The number of carbonyl (C=O) groups is 2. The molecule has 2 N–H and O–H groups in total. The molecule has 2 aromatic rings. The second kappa shape index (κ2) is 8.65. The number of hydrogen-bond donors (Lipinski definition) is 2. The van der Waals surface area contributed by atoms with Crippen LogP contribution >= 0.6 is 0 Å². The van der Waals surface area contributed by atoms with E-state index in [1.165, 1.54) is 11.1 Å². The molecule has 0 spiro atoms. The quantitative estimate of drug-likeness (QED) is 0.836. The van der Waals surface area contributed by atoms with Crippen LogP contribution < -0.4 is 10.6 Å². The Bertz CT molecular complexity index is 731. The lowest BCUT2D eigenvalue weighted by atomic mass is 9.86. The van der Waals surface area contributed by atoms with Gasteiger partial charge in [-0.05, 0) is 42.0 Å². The molecule has 2 aromatic carbocycles. The van der Waals surface area contributed by atoms with Gasteiger partial charge in [0.2, 0.25) is 5.91 Å². The van der Waals surface area contributed by atoms with Crippen LogP contribution in [0, 0.1) is 0 Å². The highest BCUT2D eigenvalue weighted by Gasteiger charge is 2.18. The fourth-order valence-electron chi connectivity index (χ4n) is 2.59. The summed E-state index contributed by atoms with van der Waals surface area (Å²) in [5, 5.41) is 5.61. The van der Waals surface area contributed by atoms with Crippen molar-refractivity contribution in [2.45, 2.75) is 45.6 Å². The van der Waals surface area contributed by atoms with Gasteiger partial charge in [-0.3, -0.25) is 9.59 Å². The molecule has 1 unspecified atom stereocenters. The van der Waals surface area contributed by atoms with Crippen molar-refractivity contribution in [3.8, 4) is 0 Å². The molecule has 4 nitrogen and oxygen atoms in total. The molecule has 2 amide bonds. The van der Waals surface area contributed by atoms with Gasteiger partial charge in [0.1, 0.15) is 6.04 Å². The maximum atomic E-state index is 12.3. The van der Waals surface area contributed by atoms with E-state index in [9.17, 15) is 9.59 Å². The van der Waals surface area contributed by atoms with Crippen LogP contribution in [-0.2, 0) is 16.6 Å². The van der Waals surface area contributed by atoms with Gasteiger partial charge in [0.15, 0.2) is 0 Å². The van der Waals surface area contributed by atoms with Crippen molar-refractivity contribution in [1.29, 1.82) is 0 Å². The molecule has 0 saturated heterocycles. The summed E-state index contributed by atoms with van der Waals surface area (Å²) in [7, 11) is 0. The lowest BCUT2D eigenvalue weighted by molar-refractivity contribution is -0.122. The summed E-state index contributed by atoms with van der Waals surface area (Å²) in [5.74, 6) is -0.420. The molecule has 0 bridgehead atoms. The molecule has 1 atom stereocenters. The third-order valence-corrected chi connectivity index (χ3v) is 4.31. The maximum Gasteiger partial charge on any atom is 0.251 e. The summed E-state index contributed by atoms with van der Waals surface area (Å²) in [6, 6.07) is 16.9. The molecule has 138 valence electrons. The number of hydrogen-bond acceptors (Lipinski definition) is 2. The average molecular weight is 352 g/mol. The number of amides is 2. The van der Waals surface area contributed by atoms with Crippen LogP contribution in [0.2, 0.25) is 0 Å². The Kier molecular flexibility index (Phi) is 6.56. The predicted molar refractivity (Wildman–Crippen MR) is 105 cm³/mol. The third kappa shape index (κ3) is 5.73. The minimum atomic E-state index is -0.583. The second-order valence-electron chi connectivity index (χ2n) is 7.55. The first-order valence-electron chi connectivity index (χ1n) is 9.00. The SMILES string of the molecule is CC(NC(=O)c1ccc(C(C)(C)C)cc1)C(=O)NCCc1ccccc1. The first-order valence-corrected chi connectivity index (χ1v) is 9.00. The van der Waals surface area contributed by atoms with Crippen LogP contribution in [0.1, 0.15) is 49.2 Å². The third-order valence-electron chi connectivity index (χ3n) is 4.31. The summed E-state index contributed by atoms with van der Waals surface area (Å²) in [4.78, 5) is 24.5. The monoisotopic (exact) mass is 352 g/mol. The van der Waals surface area contributed by atoms with Crippen molar-refractivity contribution in [3.05, 3.63) is 71.3 Å². The maximum absolute atomic E-state index is 12.3. The topological polar surface area (TPSA) is 58.2 Å². The second-order valence-corrected chi connectivity index (χ2v) is 7.55. The number of nitrogens with one attached hydrogen (secondary N) is 2. The standard InChI is InChI=1S/C22H28N2O2/c1-16(20(25)23-15-14-17-8-6-5-7-9-17)24-21(26)18-10-12-19(13-11-18)22(2,3)4/h5-13,16H,14-15H2,1-4H3,(H,23,25)(H,24,26). The number of carbonyl (C=O) groups excluding carboxylic acids is 2. The highest BCUT2D eigenvalue weighted by molar-refractivity contribution is 5.97. The van der Waals surface area contributed by atoms with Crippen LogP contribution in [0.4, 0.5) is 0 Å². The molecule has 0 aliphatic carbocycles. The highest BCUT2D eigenvalue weighted by Crippen LogP contribution is 2.22. The Morgan fingerprint density at radius 3 is 2.15 bits per heavy atom. The van der Waals surface area contributed by atoms with Gasteiger partial charge in [0.05, 0.1) is 0 Å². The largest absolute Gasteiger partial charge is 0.354 e. The zero-order valence-electron chi connectivity index (χ0n) is 16.0. The lowest BCUT2D eigenvalue weighted by Gasteiger charge is -2.19. The highest BCUT2D eigenvalue weighted by atomic mass is 16.2. The first kappa shape index (κ1) is 19.7. The molecule has 0 heterocycles. The Morgan fingerprint density at radius 2 is 1.58 bits per heavy atom. The van der Waals surface area contributed by atoms with E-state index in [1.54, 1.807) is 19.1 Å². The molecule has 4 heteroatoms. The summed E-state index contributed by atoms with van der Waals surface area (Å²) in [6.07, 6.45) is 0.765. The predicted octanol–water partition coefficient (Wildman–Crippen LogP) is 3.46. The fourth-order valence-corrected chi connectivity index (χ4v) is 2.59. The van der Waals surface area contributed by atoms with E-state index in [-0.39, 0.29) is 17.2 Å². The van der Waals surface area contributed by atoms with Gasteiger partial charge in [-0.15, -0.1) is 0 Å². The van der Waals surface area contributed by atoms with Gasteiger partial charge in [-0.1, -0.05) is 63.2 Å². The van der Waals surface area contributed by atoms with Gasteiger partial charge in [0, 0.05) is 12.1 Å². The molecule has 0 aromatic heterocycles. The molecule has 2 rings (SSSR count). The molecular weight excluding hydrogens is 324 g/mol. The van der Waals surface area contributed by atoms with Crippen LogP contribution in [0.5, 0.6) is 0 Å². The normalized spacial score (nSPS) is 12.3. The van der Waals surface area contributed by atoms with Gasteiger partial charge < -0.3 is 10.6 Å². The van der Waals surface area contributed by atoms with E-state index in [4.69, 9.17) is 0 Å². The van der Waals surface area contributed by atoms with E-state index in [1.807, 2.05) is 42.5 Å². The molecule has 0 radical (unpaired) electrons. The van der Waals surface area contributed by atoms with Crippen LogP contribution in [0.3, 0.4) is 0 Å². The number of rotatable bonds is 6. The van der Waals surface area contributed by atoms with Crippen molar-refractivity contribution in [2.24, 2.45) is 0 Å². The van der Waals surface area contributed by atoms with Crippen LogP contribution in [-0.4, -0.2) is 24.4 Å². The van der Waals surface area contributed by atoms with E-state index in [0.29, 0.717) is 12.1 Å². The van der Waals surface area contributed by atoms with Crippen molar-refractivity contribution in [1.82, 2.24) is 10.6 Å². The van der Waals surface area contributed by atoms with E-state index in [2.05, 4.69) is 31.4 Å². The van der Waals surface area contributed by atoms with Crippen molar-refractivity contribution < 1.29 is 9.59 Å². The van der Waals surface area contributed by atoms with E-state index in [0.717, 1.165) is 6.42 Å². The van der Waals surface area contributed by atoms with Gasteiger partial charge in [-0.25, -0.2) is 0 Å². The minimum absolute atomic E-state index is 0.0426. The van der Waals surface area contributed by atoms with Gasteiger partial charge in [0.25, 0.3) is 5.91 Å². The smallest absolute Gasteiger partial charge is 0.251 e. The summed E-state index contributed by atoms with van der Waals surface area (Å²) in [6.45, 7) is 8.63. The van der Waals surface area contributed by atoms with Crippen LogP contribution in [0.15, 0.2) is 54.6 Å². The Morgan fingerprint density at radius 1 is 0.962 bits per heavy atom. The van der Waals surface area contributed by atoms with Crippen molar-refractivity contribution in [3.63, 3.8) is 0 Å². The van der Waals surface area contributed by atoms with Gasteiger partial charge >= 0.3 is 0 Å². The zero-order valence-corrected chi connectivity index (χ0v) is 16.0.